The molecular formula is C9H18N2Si. The third kappa shape index (κ3) is 1.46. The average molecular weight is 182 g/mol. The van der Waals surface area contributed by atoms with Gasteiger partial charge in [0, 0.05) is 12.7 Å². The van der Waals surface area contributed by atoms with Gasteiger partial charge >= 0.3 is 0 Å². The van der Waals surface area contributed by atoms with E-state index in [-0.39, 0.29) is 0 Å². The zero-order valence-corrected chi connectivity index (χ0v) is 9.89. The van der Waals surface area contributed by atoms with Crippen LogP contribution in [0.3, 0.4) is 0 Å². The molecule has 0 saturated carbocycles. The Balaban J connectivity index is 3.32. The molecule has 1 heterocycles. The Morgan fingerprint density at radius 2 is 1.67 bits per heavy atom. The van der Waals surface area contributed by atoms with Gasteiger partial charge in [-0.25, -0.2) is 0 Å². The Bertz CT molecular complexity index is 294. The summed E-state index contributed by atoms with van der Waals surface area (Å²) in [7, 11) is 0.835. The molecule has 0 fully saturated rings. The Morgan fingerprint density at radius 1 is 1.17 bits per heavy atom. The maximum absolute atomic E-state index is 4.43. The molecule has 0 radical (unpaired) electrons. The molecule has 0 atom stereocenters. The maximum atomic E-state index is 4.43. The number of aryl methyl sites for hydroxylation is 2. The first kappa shape index (κ1) is 9.51. The van der Waals surface area contributed by atoms with Gasteiger partial charge in [-0.15, -0.1) is 0 Å². The van der Waals surface area contributed by atoms with Crippen LogP contribution in [0.15, 0.2) is 0 Å². The van der Waals surface area contributed by atoms with Gasteiger partial charge in [0.25, 0.3) is 0 Å². The second kappa shape index (κ2) is 2.73. The molecule has 0 bridgehead atoms. The minimum Gasteiger partial charge on any atom is -0.273 e. The lowest BCUT2D eigenvalue weighted by molar-refractivity contribution is 0.731. The van der Waals surface area contributed by atoms with E-state index in [1.54, 1.807) is 0 Å². The van der Waals surface area contributed by atoms with Crippen molar-refractivity contribution in [3.8, 4) is 0 Å². The molecule has 2 nitrogen and oxygen atoms in total. The molecule has 68 valence electrons. The minimum atomic E-state index is -1.18. The number of aromatic nitrogens is 2. The van der Waals surface area contributed by atoms with Crippen molar-refractivity contribution < 1.29 is 0 Å². The van der Waals surface area contributed by atoms with Crippen molar-refractivity contribution in [2.75, 3.05) is 0 Å². The van der Waals surface area contributed by atoms with Crippen LogP contribution < -0.4 is 5.19 Å². The summed E-state index contributed by atoms with van der Waals surface area (Å²) in [6, 6.07) is 0. The van der Waals surface area contributed by atoms with Crippen LogP contribution in [-0.2, 0) is 7.05 Å². The van der Waals surface area contributed by atoms with Gasteiger partial charge in [0.05, 0.1) is 13.8 Å². The van der Waals surface area contributed by atoms with E-state index < -0.39 is 8.07 Å². The molecule has 3 heteroatoms. The van der Waals surface area contributed by atoms with Crippen LogP contribution in [0, 0.1) is 13.8 Å². The van der Waals surface area contributed by atoms with Crippen molar-refractivity contribution in [2.45, 2.75) is 33.5 Å². The molecule has 0 saturated heterocycles. The Morgan fingerprint density at radius 3 is 1.83 bits per heavy atom. The standard InChI is InChI=1S/C9H18N2Si/c1-7-9(12(4,5)6)8(2)11(3)10-7/h1-6H3. The topological polar surface area (TPSA) is 17.8 Å². The van der Waals surface area contributed by atoms with E-state index in [1.165, 1.54) is 16.6 Å². The molecule has 0 aliphatic heterocycles. The van der Waals surface area contributed by atoms with Crippen molar-refractivity contribution in [3.63, 3.8) is 0 Å². The van der Waals surface area contributed by atoms with Gasteiger partial charge in [-0.05, 0) is 19.0 Å². The predicted molar refractivity (Wildman–Crippen MR) is 55.7 cm³/mol. The highest BCUT2D eigenvalue weighted by atomic mass is 28.3. The molecule has 0 spiro atoms. The van der Waals surface area contributed by atoms with Gasteiger partial charge in [0.2, 0.25) is 0 Å². The lowest BCUT2D eigenvalue weighted by atomic mass is 10.4. The summed E-state index contributed by atoms with van der Waals surface area (Å²) in [5, 5.41) is 5.95. The van der Waals surface area contributed by atoms with Gasteiger partial charge in [0.1, 0.15) is 0 Å². The van der Waals surface area contributed by atoms with E-state index in [9.17, 15) is 0 Å². The summed E-state index contributed by atoms with van der Waals surface area (Å²) in [5.74, 6) is 0. The molecule has 0 aliphatic rings. The van der Waals surface area contributed by atoms with Gasteiger partial charge in [0.15, 0.2) is 0 Å². The summed E-state index contributed by atoms with van der Waals surface area (Å²) in [6.07, 6.45) is 0. The van der Waals surface area contributed by atoms with Gasteiger partial charge in [-0.3, -0.25) is 4.68 Å². The zero-order chi connectivity index (χ0) is 9.52. The second-order valence-electron chi connectivity index (χ2n) is 4.42. The highest BCUT2D eigenvalue weighted by Crippen LogP contribution is 2.08. The fraction of sp³-hybridized carbons (Fsp3) is 0.667. The van der Waals surface area contributed by atoms with Crippen LogP contribution >= 0.6 is 0 Å². The predicted octanol–water partition coefficient (Wildman–Crippen LogP) is 1.58. The molecule has 0 aliphatic carbocycles. The van der Waals surface area contributed by atoms with E-state index in [0.29, 0.717) is 0 Å². The molecule has 1 aromatic rings. The Hall–Kier alpha value is -0.573. The van der Waals surface area contributed by atoms with Crippen LogP contribution in [0.5, 0.6) is 0 Å². The minimum absolute atomic E-state index is 1.18. The van der Waals surface area contributed by atoms with Crippen molar-refractivity contribution in [1.82, 2.24) is 9.78 Å². The smallest absolute Gasteiger partial charge is 0.0824 e. The lowest BCUT2D eigenvalue weighted by Crippen LogP contribution is -2.40. The summed E-state index contributed by atoms with van der Waals surface area (Å²) in [5.41, 5.74) is 2.56. The van der Waals surface area contributed by atoms with Gasteiger partial charge in [-0.2, -0.15) is 5.10 Å². The first-order valence-corrected chi connectivity index (χ1v) is 7.84. The van der Waals surface area contributed by atoms with E-state index in [0.717, 1.165) is 0 Å². The van der Waals surface area contributed by atoms with Crippen LogP contribution in [0.1, 0.15) is 11.4 Å². The lowest BCUT2D eigenvalue weighted by Gasteiger charge is -2.16. The van der Waals surface area contributed by atoms with Gasteiger partial charge in [-0.1, -0.05) is 19.6 Å². The summed E-state index contributed by atoms with van der Waals surface area (Å²) in [6.45, 7) is 11.4. The second-order valence-corrected chi connectivity index (χ2v) is 9.42. The monoisotopic (exact) mass is 182 g/mol. The van der Waals surface area contributed by atoms with Crippen molar-refractivity contribution >= 4 is 13.3 Å². The molecule has 0 unspecified atom stereocenters. The molecule has 1 aromatic heterocycles. The number of hydrogen-bond acceptors (Lipinski definition) is 1. The quantitative estimate of drug-likeness (QED) is 0.603. The highest BCUT2D eigenvalue weighted by Gasteiger charge is 2.24. The van der Waals surface area contributed by atoms with E-state index in [2.05, 4.69) is 38.6 Å². The van der Waals surface area contributed by atoms with Crippen LogP contribution in [0.2, 0.25) is 19.6 Å². The average Bonchev–Trinajstić information content (AvgIpc) is 2.05. The summed E-state index contributed by atoms with van der Waals surface area (Å²) in [4.78, 5) is 0. The van der Waals surface area contributed by atoms with Crippen molar-refractivity contribution in [2.24, 2.45) is 7.05 Å². The molecule has 12 heavy (non-hydrogen) atoms. The molecular weight excluding hydrogens is 164 g/mol. The molecule has 1 rings (SSSR count). The third-order valence-electron chi connectivity index (χ3n) is 2.26. The first-order chi connectivity index (χ1) is 5.34. The van der Waals surface area contributed by atoms with Crippen molar-refractivity contribution in [3.05, 3.63) is 11.4 Å². The Labute approximate surface area is 75.6 Å². The molecule has 0 amide bonds. The number of nitrogens with zero attached hydrogens (tertiary/aromatic N) is 2. The summed E-state index contributed by atoms with van der Waals surface area (Å²) < 4.78 is 1.99. The SMILES string of the molecule is Cc1nn(C)c(C)c1[Si](C)(C)C. The normalized spacial score (nSPS) is 12.2. The molecule has 0 aromatic carbocycles. The fourth-order valence-corrected chi connectivity index (χ4v) is 4.24. The zero-order valence-electron chi connectivity index (χ0n) is 8.89. The number of rotatable bonds is 1. The fourth-order valence-electron chi connectivity index (χ4n) is 1.86. The van der Waals surface area contributed by atoms with Crippen LogP contribution in [-0.4, -0.2) is 17.9 Å². The third-order valence-corrected chi connectivity index (χ3v) is 4.48. The summed E-state index contributed by atoms with van der Waals surface area (Å²) >= 11 is 0. The molecule has 0 N–H and O–H groups in total. The van der Waals surface area contributed by atoms with Gasteiger partial charge < -0.3 is 0 Å². The first-order valence-electron chi connectivity index (χ1n) is 4.34. The van der Waals surface area contributed by atoms with Crippen LogP contribution in [0.25, 0.3) is 0 Å². The number of hydrogen-bond donors (Lipinski definition) is 0. The van der Waals surface area contributed by atoms with E-state index in [1.807, 2.05) is 11.7 Å². The Kier molecular flexibility index (Phi) is 2.16. The van der Waals surface area contributed by atoms with E-state index in [4.69, 9.17) is 0 Å². The van der Waals surface area contributed by atoms with Crippen LogP contribution in [0.4, 0.5) is 0 Å². The maximum Gasteiger partial charge on any atom is 0.0824 e. The largest absolute Gasteiger partial charge is 0.273 e. The van der Waals surface area contributed by atoms with E-state index >= 15 is 0 Å². The highest BCUT2D eigenvalue weighted by molar-refractivity contribution is 6.89. The van der Waals surface area contributed by atoms with Crippen molar-refractivity contribution in [1.29, 1.82) is 0 Å².